The minimum Gasteiger partial charge on any atom is -0.359 e. The first-order valence-electron chi connectivity index (χ1n) is 14.9. The van der Waals surface area contributed by atoms with Gasteiger partial charge in [0.2, 0.25) is 0 Å². The molecule has 0 aromatic carbocycles. The summed E-state index contributed by atoms with van der Waals surface area (Å²) in [4.78, 5) is 0. The Hall–Kier alpha value is -1.82. The van der Waals surface area contributed by atoms with Gasteiger partial charge in [-0.1, -0.05) is 100 Å². The van der Waals surface area contributed by atoms with Crippen LogP contribution in [0.1, 0.15) is 116 Å². The number of unbranched alkanes of at least 4 members (excludes halogenated alkanes) is 16. The van der Waals surface area contributed by atoms with Gasteiger partial charge in [0.25, 0.3) is 0 Å². The Morgan fingerprint density at radius 2 is 0.763 bits per heavy atom. The highest BCUT2D eigenvalue weighted by Gasteiger charge is 1.99. The third-order valence-corrected chi connectivity index (χ3v) is 6.33. The van der Waals surface area contributed by atoms with Crippen LogP contribution in [0.5, 0.6) is 0 Å². The molecule has 4 heteroatoms. The fraction of sp³-hybridized carbons (Fsp3) is 0.706. The second-order valence-electron chi connectivity index (χ2n) is 9.75. The Bertz CT molecular complexity index is 596. The number of hydrogen-bond acceptors (Lipinski definition) is 4. The standard InChI is InChI=1S/C34H56O4/c1-5-33(37-31-35-3)29-27-25-23-21-19-17-15-13-11-9-7-8-10-12-14-16-18-20-22-24-26-28-30-34(6-2)38-32-36-4/h1-2,7-8,27-30,33-34H,9-26,31-32H2,3-4H3/b8-7-,29-27+,30-28+/t33-,34-/m1/s1. The van der Waals surface area contributed by atoms with Gasteiger partial charge in [-0.15, -0.1) is 12.8 Å². The van der Waals surface area contributed by atoms with E-state index in [9.17, 15) is 0 Å². The molecule has 38 heavy (non-hydrogen) atoms. The molecule has 0 heterocycles. The third kappa shape index (κ3) is 27.2. The zero-order valence-corrected chi connectivity index (χ0v) is 24.5. The van der Waals surface area contributed by atoms with Gasteiger partial charge in [-0.3, -0.25) is 0 Å². The van der Waals surface area contributed by atoms with Crippen LogP contribution < -0.4 is 0 Å². The molecule has 0 unspecified atom stereocenters. The summed E-state index contributed by atoms with van der Waals surface area (Å²) in [6.07, 6.45) is 46.3. The molecule has 0 aromatic rings. The average Bonchev–Trinajstić information content (AvgIpc) is 2.94. The van der Waals surface area contributed by atoms with Gasteiger partial charge in [0.1, 0.15) is 25.8 Å². The summed E-state index contributed by atoms with van der Waals surface area (Å²) in [5.74, 6) is 5.21. The summed E-state index contributed by atoms with van der Waals surface area (Å²) >= 11 is 0. The van der Waals surface area contributed by atoms with Crippen molar-refractivity contribution in [2.75, 3.05) is 27.8 Å². The Labute approximate surface area is 235 Å². The van der Waals surface area contributed by atoms with Gasteiger partial charge in [0.15, 0.2) is 0 Å². The van der Waals surface area contributed by atoms with Gasteiger partial charge in [-0.25, -0.2) is 0 Å². The number of allylic oxidation sites excluding steroid dienone is 4. The second kappa shape index (κ2) is 31.4. The molecule has 0 aliphatic carbocycles. The Morgan fingerprint density at radius 1 is 0.474 bits per heavy atom. The van der Waals surface area contributed by atoms with Crippen LogP contribution in [0.25, 0.3) is 0 Å². The van der Waals surface area contributed by atoms with E-state index >= 15 is 0 Å². The predicted octanol–water partition coefficient (Wildman–Crippen LogP) is 8.92. The third-order valence-electron chi connectivity index (χ3n) is 6.33. The van der Waals surface area contributed by atoms with Gasteiger partial charge in [0, 0.05) is 14.2 Å². The van der Waals surface area contributed by atoms with E-state index in [-0.39, 0.29) is 25.8 Å². The molecule has 0 aliphatic rings. The highest BCUT2D eigenvalue weighted by atomic mass is 16.7. The maximum atomic E-state index is 5.43. The van der Waals surface area contributed by atoms with Crippen molar-refractivity contribution in [3.8, 4) is 24.7 Å². The molecule has 0 spiro atoms. The molecule has 0 rings (SSSR count). The lowest BCUT2D eigenvalue weighted by Gasteiger charge is -2.06. The summed E-state index contributed by atoms with van der Waals surface area (Å²) in [6.45, 7) is 0.470. The van der Waals surface area contributed by atoms with Crippen molar-refractivity contribution in [1.29, 1.82) is 0 Å². The van der Waals surface area contributed by atoms with Crippen LogP contribution in [0, 0.1) is 24.7 Å². The first-order valence-corrected chi connectivity index (χ1v) is 14.9. The highest BCUT2D eigenvalue weighted by Crippen LogP contribution is 2.12. The van der Waals surface area contributed by atoms with Crippen LogP contribution >= 0.6 is 0 Å². The van der Waals surface area contributed by atoms with Gasteiger partial charge in [-0.05, 0) is 63.5 Å². The van der Waals surface area contributed by atoms with E-state index in [0.29, 0.717) is 0 Å². The second-order valence-corrected chi connectivity index (χ2v) is 9.75. The normalized spacial score (nSPS) is 13.4. The molecule has 0 aromatic heterocycles. The topological polar surface area (TPSA) is 36.9 Å². The van der Waals surface area contributed by atoms with Gasteiger partial charge < -0.3 is 18.9 Å². The molecule has 2 atom stereocenters. The molecule has 0 fully saturated rings. The largest absolute Gasteiger partial charge is 0.359 e. The minimum atomic E-state index is -0.277. The first kappa shape index (κ1) is 36.2. The molecular weight excluding hydrogens is 472 g/mol. The number of hydrogen-bond donors (Lipinski definition) is 0. The van der Waals surface area contributed by atoms with E-state index < -0.39 is 0 Å². The van der Waals surface area contributed by atoms with Crippen LogP contribution in [-0.4, -0.2) is 40.0 Å². The monoisotopic (exact) mass is 528 g/mol. The fourth-order valence-corrected chi connectivity index (χ4v) is 4.09. The molecule has 0 aliphatic heterocycles. The molecule has 0 saturated heterocycles. The Kier molecular flexibility index (Phi) is 29.9. The lowest BCUT2D eigenvalue weighted by atomic mass is 10.1. The summed E-state index contributed by atoms with van der Waals surface area (Å²) in [6, 6.07) is 0. The summed E-state index contributed by atoms with van der Waals surface area (Å²) in [7, 11) is 3.20. The fourth-order valence-electron chi connectivity index (χ4n) is 4.09. The van der Waals surface area contributed by atoms with E-state index in [1.54, 1.807) is 14.2 Å². The summed E-state index contributed by atoms with van der Waals surface area (Å²) in [5.41, 5.74) is 0. The SMILES string of the molecule is C#C[C@H](/C=C/CCCCCCCCC/C=C\CCCCCCCCC/C=C/[C@@H](C#C)OCOC)OCOC. The van der Waals surface area contributed by atoms with Gasteiger partial charge >= 0.3 is 0 Å². The number of terminal acetylenes is 2. The highest BCUT2D eigenvalue weighted by molar-refractivity contribution is 5.07. The van der Waals surface area contributed by atoms with Crippen molar-refractivity contribution in [1.82, 2.24) is 0 Å². The zero-order valence-electron chi connectivity index (χ0n) is 24.5. The van der Waals surface area contributed by atoms with Gasteiger partial charge in [-0.2, -0.15) is 0 Å². The van der Waals surface area contributed by atoms with Crippen LogP contribution in [0.2, 0.25) is 0 Å². The molecule has 0 bridgehead atoms. The van der Waals surface area contributed by atoms with Crippen molar-refractivity contribution < 1.29 is 18.9 Å². The van der Waals surface area contributed by atoms with E-state index in [4.69, 9.17) is 31.8 Å². The van der Waals surface area contributed by atoms with Crippen LogP contribution in [-0.2, 0) is 18.9 Å². The van der Waals surface area contributed by atoms with Crippen molar-refractivity contribution in [3.05, 3.63) is 36.5 Å². The molecule has 216 valence electrons. The van der Waals surface area contributed by atoms with E-state index in [1.807, 2.05) is 12.2 Å². The summed E-state index contributed by atoms with van der Waals surface area (Å²) < 4.78 is 20.4. The maximum Gasteiger partial charge on any atom is 0.148 e. The molecular formula is C34H56O4. The van der Waals surface area contributed by atoms with Crippen molar-refractivity contribution in [2.45, 2.75) is 128 Å². The predicted molar refractivity (Wildman–Crippen MR) is 162 cm³/mol. The maximum absolute atomic E-state index is 5.43. The summed E-state index contributed by atoms with van der Waals surface area (Å²) in [5, 5.41) is 0. The lowest BCUT2D eigenvalue weighted by molar-refractivity contribution is -0.0385. The van der Waals surface area contributed by atoms with E-state index in [2.05, 4.69) is 36.1 Å². The smallest absolute Gasteiger partial charge is 0.148 e. The molecule has 0 N–H and O–H groups in total. The van der Waals surface area contributed by atoms with Crippen LogP contribution in [0.3, 0.4) is 0 Å². The Balaban J connectivity index is 3.34. The molecule has 0 amide bonds. The minimum absolute atomic E-state index is 0.235. The molecule has 0 saturated carbocycles. The zero-order chi connectivity index (χ0) is 27.8. The van der Waals surface area contributed by atoms with Crippen LogP contribution in [0.15, 0.2) is 36.5 Å². The molecule has 4 nitrogen and oxygen atoms in total. The average molecular weight is 529 g/mol. The van der Waals surface area contributed by atoms with E-state index in [0.717, 1.165) is 12.8 Å². The van der Waals surface area contributed by atoms with Crippen LogP contribution in [0.4, 0.5) is 0 Å². The number of ether oxygens (including phenoxy) is 4. The van der Waals surface area contributed by atoms with Crippen molar-refractivity contribution in [2.24, 2.45) is 0 Å². The first-order chi connectivity index (χ1) is 18.8. The van der Waals surface area contributed by atoms with E-state index in [1.165, 1.54) is 103 Å². The Morgan fingerprint density at radius 3 is 1.05 bits per heavy atom. The number of rotatable bonds is 28. The lowest BCUT2D eigenvalue weighted by Crippen LogP contribution is -2.08. The van der Waals surface area contributed by atoms with Crippen molar-refractivity contribution in [3.63, 3.8) is 0 Å². The van der Waals surface area contributed by atoms with Crippen molar-refractivity contribution >= 4 is 0 Å². The van der Waals surface area contributed by atoms with Gasteiger partial charge in [0.05, 0.1) is 0 Å². The quantitative estimate of drug-likeness (QED) is 0.0440. The molecule has 0 radical (unpaired) electrons. The number of methoxy groups -OCH3 is 2.